The fraction of sp³-hybridized carbons (Fsp3) is 0.438. The van der Waals surface area contributed by atoms with Crippen molar-refractivity contribution >= 4 is 17.7 Å². The molecule has 0 N–H and O–H groups in total. The molecule has 0 heterocycles. The average molecular weight is 292 g/mol. The summed E-state index contributed by atoms with van der Waals surface area (Å²) in [6.45, 7) is 1.42. The summed E-state index contributed by atoms with van der Waals surface area (Å²) < 4.78 is 9.58. The van der Waals surface area contributed by atoms with E-state index in [9.17, 15) is 14.4 Å². The van der Waals surface area contributed by atoms with Crippen LogP contribution in [0, 0.1) is 5.41 Å². The molecule has 0 aliphatic rings. The zero-order valence-corrected chi connectivity index (χ0v) is 12.5. The number of carbonyl (C=O) groups is 3. The quantitative estimate of drug-likeness (QED) is 0.567. The molecule has 114 valence electrons. The maximum Gasteiger partial charge on any atom is 0.323 e. The van der Waals surface area contributed by atoms with E-state index in [0.29, 0.717) is 0 Å². The first-order valence-corrected chi connectivity index (χ1v) is 6.66. The summed E-state index contributed by atoms with van der Waals surface area (Å²) in [4.78, 5) is 35.7. The lowest BCUT2D eigenvalue weighted by atomic mass is 9.77. The minimum Gasteiger partial charge on any atom is -0.468 e. The molecule has 0 unspecified atom stereocenters. The summed E-state index contributed by atoms with van der Waals surface area (Å²) in [7, 11) is 2.44. The third kappa shape index (κ3) is 4.15. The molecule has 0 radical (unpaired) electrons. The molecular weight excluding hydrogens is 272 g/mol. The predicted octanol–water partition coefficient (Wildman–Crippen LogP) is 1.93. The molecule has 0 saturated heterocycles. The van der Waals surface area contributed by atoms with Gasteiger partial charge in [-0.2, -0.15) is 0 Å². The molecule has 0 bridgehead atoms. The fourth-order valence-corrected chi connectivity index (χ4v) is 2.24. The molecule has 21 heavy (non-hydrogen) atoms. The van der Waals surface area contributed by atoms with Crippen molar-refractivity contribution in [1.82, 2.24) is 0 Å². The standard InChI is InChI=1S/C16H20O5/c1-12(17)9-10-16(14(18)20-2,15(19)21-3)11-13-7-5-4-6-8-13/h4-8H,9-11H2,1-3H3. The zero-order valence-electron chi connectivity index (χ0n) is 12.5. The van der Waals surface area contributed by atoms with Crippen molar-refractivity contribution in [2.75, 3.05) is 14.2 Å². The van der Waals surface area contributed by atoms with Gasteiger partial charge in [-0.25, -0.2) is 0 Å². The van der Waals surface area contributed by atoms with Gasteiger partial charge >= 0.3 is 11.9 Å². The van der Waals surface area contributed by atoms with E-state index in [2.05, 4.69) is 0 Å². The van der Waals surface area contributed by atoms with Gasteiger partial charge in [-0.1, -0.05) is 30.3 Å². The molecular formula is C16H20O5. The number of rotatable bonds is 7. The average Bonchev–Trinajstić information content (AvgIpc) is 2.50. The first-order valence-electron chi connectivity index (χ1n) is 6.66. The van der Waals surface area contributed by atoms with Gasteiger partial charge in [0.2, 0.25) is 0 Å². The smallest absolute Gasteiger partial charge is 0.323 e. The number of carbonyl (C=O) groups excluding carboxylic acids is 3. The summed E-state index contributed by atoms with van der Waals surface area (Å²) >= 11 is 0. The van der Waals surface area contributed by atoms with E-state index in [1.54, 1.807) is 0 Å². The van der Waals surface area contributed by atoms with Crippen LogP contribution >= 0.6 is 0 Å². The first-order chi connectivity index (χ1) is 9.96. The molecule has 0 aliphatic heterocycles. The highest BCUT2D eigenvalue weighted by Gasteiger charge is 2.48. The second kappa shape index (κ2) is 7.57. The van der Waals surface area contributed by atoms with E-state index < -0.39 is 17.4 Å². The molecule has 0 fully saturated rings. The van der Waals surface area contributed by atoms with E-state index in [0.717, 1.165) is 5.56 Å². The van der Waals surface area contributed by atoms with Crippen LogP contribution in [0.2, 0.25) is 0 Å². The summed E-state index contributed by atoms with van der Waals surface area (Å²) in [5, 5.41) is 0. The molecule has 5 nitrogen and oxygen atoms in total. The van der Waals surface area contributed by atoms with Crippen LogP contribution in [-0.2, 0) is 30.3 Å². The second-order valence-corrected chi connectivity index (χ2v) is 4.93. The fourth-order valence-electron chi connectivity index (χ4n) is 2.24. The summed E-state index contributed by atoms with van der Waals surface area (Å²) in [6.07, 6.45) is 0.314. The van der Waals surface area contributed by atoms with Crippen LogP contribution in [0.5, 0.6) is 0 Å². The lowest BCUT2D eigenvalue weighted by Crippen LogP contribution is -2.43. The number of hydrogen-bond acceptors (Lipinski definition) is 5. The van der Waals surface area contributed by atoms with Crippen molar-refractivity contribution in [3.05, 3.63) is 35.9 Å². The van der Waals surface area contributed by atoms with Gasteiger partial charge in [0, 0.05) is 6.42 Å². The highest BCUT2D eigenvalue weighted by atomic mass is 16.5. The minimum absolute atomic E-state index is 0.0660. The lowest BCUT2D eigenvalue weighted by Gasteiger charge is -2.28. The molecule has 0 aromatic heterocycles. The van der Waals surface area contributed by atoms with Crippen LogP contribution in [0.3, 0.4) is 0 Å². The Hall–Kier alpha value is -2.17. The van der Waals surface area contributed by atoms with E-state index in [1.165, 1.54) is 21.1 Å². The Balaban J connectivity index is 3.18. The number of esters is 2. The molecule has 0 amide bonds. The number of hydrogen-bond donors (Lipinski definition) is 0. The third-order valence-corrected chi connectivity index (χ3v) is 3.40. The Bertz CT molecular complexity index is 491. The number of ether oxygens (including phenoxy) is 2. The Morgan fingerprint density at radius 3 is 1.95 bits per heavy atom. The van der Waals surface area contributed by atoms with Gasteiger partial charge < -0.3 is 14.3 Å². The number of methoxy groups -OCH3 is 2. The topological polar surface area (TPSA) is 69.7 Å². The largest absolute Gasteiger partial charge is 0.468 e. The van der Waals surface area contributed by atoms with Crippen molar-refractivity contribution in [3.8, 4) is 0 Å². The molecule has 0 atom stereocenters. The van der Waals surface area contributed by atoms with Gasteiger partial charge in [0.05, 0.1) is 14.2 Å². The molecule has 1 aromatic carbocycles. The number of Topliss-reactive ketones (excluding diaryl/α,β-unsaturated/α-hetero) is 1. The van der Waals surface area contributed by atoms with Gasteiger partial charge in [-0.05, 0) is 25.3 Å². The van der Waals surface area contributed by atoms with Crippen molar-refractivity contribution in [3.63, 3.8) is 0 Å². The first kappa shape index (κ1) is 16.9. The van der Waals surface area contributed by atoms with Gasteiger partial charge in [0.1, 0.15) is 5.78 Å². The maximum absolute atomic E-state index is 12.2. The highest BCUT2D eigenvalue weighted by molar-refractivity contribution is 6.00. The minimum atomic E-state index is -1.49. The molecule has 0 spiro atoms. The SMILES string of the molecule is COC(=O)C(CCC(C)=O)(Cc1ccccc1)C(=O)OC. The zero-order chi connectivity index (χ0) is 15.9. The molecule has 0 saturated carbocycles. The Kier molecular flexibility index (Phi) is 6.09. The monoisotopic (exact) mass is 292 g/mol. The van der Waals surface area contributed by atoms with Crippen molar-refractivity contribution in [2.45, 2.75) is 26.2 Å². The van der Waals surface area contributed by atoms with Crippen LogP contribution in [0.1, 0.15) is 25.3 Å². The highest BCUT2D eigenvalue weighted by Crippen LogP contribution is 2.32. The van der Waals surface area contributed by atoms with Gasteiger partial charge in [-0.15, -0.1) is 0 Å². The van der Waals surface area contributed by atoms with Crippen molar-refractivity contribution in [1.29, 1.82) is 0 Å². The van der Waals surface area contributed by atoms with Crippen LogP contribution in [0.15, 0.2) is 30.3 Å². The van der Waals surface area contributed by atoms with Gasteiger partial charge in [-0.3, -0.25) is 9.59 Å². The Morgan fingerprint density at radius 1 is 1.00 bits per heavy atom. The molecule has 1 rings (SSSR count). The van der Waals surface area contributed by atoms with Crippen molar-refractivity contribution < 1.29 is 23.9 Å². The summed E-state index contributed by atoms with van der Waals surface area (Å²) in [5.74, 6) is -1.46. The van der Waals surface area contributed by atoms with Gasteiger partial charge in [0.15, 0.2) is 5.41 Å². The van der Waals surface area contributed by atoms with Crippen LogP contribution in [-0.4, -0.2) is 31.9 Å². The summed E-state index contributed by atoms with van der Waals surface area (Å²) in [5.41, 5.74) is -0.687. The number of ketones is 1. The van der Waals surface area contributed by atoms with Crippen LogP contribution < -0.4 is 0 Å². The van der Waals surface area contributed by atoms with E-state index in [1.807, 2.05) is 30.3 Å². The van der Waals surface area contributed by atoms with Gasteiger partial charge in [0.25, 0.3) is 0 Å². The second-order valence-electron chi connectivity index (χ2n) is 4.93. The van der Waals surface area contributed by atoms with Crippen LogP contribution in [0.4, 0.5) is 0 Å². The Morgan fingerprint density at radius 2 is 1.52 bits per heavy atom. The molecule has 0 aliphatic carbocycles. The predicted molar refractivity (Wildman–Crippen MR) is 76.5 cm³/mol. The number of benzene rings is 1. The normalized spacial score (nSPS) is 10.8. The van der Waals surface area contributed by atoms with Crippen molar-refractivity contribution in [2.24, 2.45) is 5.41 Å². The third-order valence-electron chi connectivity index (χ3n) is 3.40. The molecule has 1 aromatic rings. The molecule has 5 heteroatoms. The lowest BCUT2D eigenvalue weighted by molar-refractivity contribution is -0.169. The van der Waals surface area contributed by atoms with E-state index in [-0.39, 0.29) is 25.0 Å². The summed E-state index contributed by atoms with van der Waals surface area (Å²) in [6, 6.07) is 9.11. The van der Waals surface area contributed by atoms with E-state index >= 15 is 0 Å². The van der Waals surface area contributed by atoms with E-state index in [4.69, 9.17) is 9.47 Å². The maximum atomic E-state index is 12.2. The Labute approximate surface area is 124 Å². The van der Waals surface area contributed by atoms with Crippen LogP contribution in [0.25, 0.3) is 0 Å².